The Kier molecular flexibility index (Phi) is 4.87. The SMILES string of the molecule is CC(CO)n1ccnc1-c1ccc(-c2ccc(C(=O)c3ncc[nH]3)cc2)cc1. The number of aromatic nitrogens is 4. The van der Waals surface area contributed by atoms with Crippen molar-refractivity contribution in [1.29, 1.82) is 0 Å². The van der Waals surface area contributed by atoms with E-state index in [9.17, 15) is 9.90 Å². The van der Waals surface area contributed by atoms with Crippen molar-refractivity contribution in [2.75, 3.05) is 6.61 Å². The predicted molar refractivity (Wildman–Crippen MR) is 107 cm³/mol. The largest absolute Gasteiger partial charge is 0.394 e. The Morgan fingerprint density at radius 2 is 1.64 bits per heavy atom. The number of hydrogen-bond acceptors (Lipinski definition) is 4. The van der Waals surface area contributed by atoms with E-state index in [1.54, 1.807) is 18.6 Å². The first-order valence-corrected chi connectivity index (χ1v) is 9.06. The highest BCUT2D eigenvalue weighted by atomic mass is 16.3. The number of H-pyrrole nitrogens is 1. The van der Waals surface area contributed by atoms with Gasteiger partial charge in [-0.2, -0.15) is 0 Å². The van der Waals surface area contributed by atoms with Crippen LogP contribution in [0.5, 0.6) is 0 Å². The summed E-state index contributed by atoms with van der Waals surface area (Å²) in [4.78, 5) is 23.6. The molecular formula is C22H20N4O2. The number of ketones is 1. The van der Waals surface area contributed by atoms with Crippen LogP contribution < -0.4 is 0 Å². The van der Waals surface area contributed by atoms with Crippen LogP contribution in [0.15, 0.2) is 73.3 Å². The van der Waals surface area contributed by atoms with E-state index in [-0.39, 0.29) is 18.4 Å². The maximum Gasteiger partial charge on any atom is 0.228 e. The number of aliphatic hydroxyl groups excluding tert-OH is 1. The van der Waals surface area contributed by atoms with E-state index in [1.807, 2.05) is 66.2 Å². The monoisotopic (exact) mass is 372 g/mol. The molecule has 2 aromatic carbocycles. The Hall–Kier alpha value is -3.51. The number of nitrogens with one attached hydrogen (secondary N) is 1. The van der Waals surface area contributed by atoms with Gasteiger partial charge in [0.05, 0.1) is 12.6 Å². The molecule has 0 spiro atoms. The molecule has 2 N–H and O–H groups in total. The van der Waals surface area contributed by atoms with Crippen molar-refractivity contribution in [3.05, 3.63) is 84.7 Å². The van der Waals surface area contributed by atoms with Crippen LogP contribution in [0, 0.1) is 0 Å². The molecule has 4 rings (SSSR count). The summed E-state index contributed by atoms with van der Waals surface area (Å²) < 4.78 is 1.96. The summed E-state index contributed by atoms with van der Waals surface area (Å²) in [5.41, 5.74) is 3.65. The molecule has 0 radical (unpaired) electrons. The van der Waals surface area contributed by atoms with E-state index < -0.39 is 0 Å². The van der Waals surface area contributed by atoms with Crippen molar-refractivity contribution in [2.45, 2.75) is 13.0 Å². The van der Waals surface area contributed by atoms with E-state index in [4.69, 9.17) is 0 Å². The van der Waals surface area contributed by atoms with E-state index in [0.29, 0.717) is 11.4 Å². The smallest absolute Gasteiger partial charge is 0.228 e. The third-order valence-corrected chi connectivity index (χ3v) is 4.74. The highest BCUT2D eigenvalue weighted by Gasteiger charge is 2.13. The molecule has 0 aliphatic carbocycles. The Bertz CT molecular complexity index is 1060. The van der Waals surface area contributed by atoms with E-state index in [0.717, 1.165) is 22.5 Å². The Balaban J connectivity index is 1.56. The lowest BCUT2D eigenvalue weighted by Gasteiger charge is -2.14. The van der Waals surface area contributed by atoms with Gasteiger partial charge in [-0.05, 0) is 18.1 Å². The number of carbonyl (C=O) groups is 1. The zero-order chi connectivity index (χ0) is 19.5. The number of carbonyl (C=O) groups excluding carboxylic acids is 1. The summed E-state index contributed by atoms with van der Waals surface area (Å²) >= 11 is 0. The number of hydrogen-bond donors (Lipinski definition) is 2. The summed E-state index contributed by atoms with van der Waals surface area (Å²) in [6, 6.07) is 15.5. The van der Waals surface area contributed by atoms with Gasteiger partial charge in [0, 0.05) is 35.9 Å². The number of imidazole rings is 2. The molecule has 6 heteroatoms. The van der Waals surface area contributed by atoms with Gasteiger partial charge in [-0.15, -0.1) is 0 Å². The molecule has 1 atom stereocenters. The van der Waals surface area contributed by atoms with Crippen molar-refractivity contribution in [3.8, 4) is 22.5 Å². The highest BCUT2D eigenvalue weighted by Crippen LogP contribution is 2.26. The highest BCUT2D eigenvalue weighted by molar-refractivity contribution is 6.06. The second-order valence-corrected chi connectivity index (χ2v) is 6.61. The third-order valence-electron chi connectivity index (χ3n) is 4.74. The summed E-state index contributed by atoms with van der Waals surface area (Å²) in [5, 5.41) is 9.41. The lowest BCUT2D eigenvalue weighted by molar-refractivity contribution is 0.103. The average Bonchev–Trinajstić information content (AvgIpc) is 3.45. The van der Waals surface area contributed by atoms with Crippen molar-refractivity contribution >= 4 is 5.78 Å². The molecule has 0 aliphatic heterocycles. The quantitative estimate of drug-likeness (QED) is 0.505. The van der Waals surface area contributed by atoms with Crippen LogP contribution in [0.4, 0.5) is 0 Å². The van der Waals surface area contributed by atoms with Gasteiger partial charge >= 0.3 is 0 Å². The lowest BCUT2D eigenvalue weighted by Crippen LogP contribution is -2.09. The second-order valence-electron chi connectivity index (χ2n) is 6.61. The summed E-state index contributed by atoms with van der Waals surface area (Å²) in [6.07, 6.45) is 6.81. The van der Waals surface area contributed by atoms with Crippen LogP contribution in [-0.2, 0) is 0 Å². The van der Waals surface area contributed by atoms with Crippen LogP contribution in [0.25, 0.3) is 22.5 Å². The molecule has 0 saturated carbocycles. The Morgan fingerprint density at radius 1 is 1.00 bits per heavy atom. The molecule has 0 fully saturated rings. The molecule has 0 amide bonds. The molecule has 6 nitrogen and oxygen atoms in total. The molecule has 4 aromatic rings. The van der Waals surface area contributed by atoms with Crippen molar-refractivity contribution in [1.82, 2.24) is 19.5 Å². The van der Waals surface area contributed by atoms with Crippen molar-refractivity contribution in [2.24, 2.45) is 0 Å². The maximum absolute atomic E-state index is 12.3. The fraction of sp³-hybridized carbons (Fsp3) is 0.136. The van der Waals surface area contributed by atoms with Gasteiger partial charge in [0.1, 0.15) is 5.82 Å². The summed E-state index contributed by atoms with van der Waals surface area (Å²) in [7, 11) is 0. The van der Waals surface area contributed by atoms with Gasteiger partial charge in [0.2, 0.25) is 5.78 Å². The minimum Gasteiger partial charge on any atom is -0.394 e. The van der Waals surface area contributed by atoms with Crippen LogP contribution >= 0.6 is 0 Å². The molecule has 2 heterocycles. The fourth-order valence-corrected chi connectivity index (χ4v) is 3.13. The van der Waals surface area contributed by atoms with Gasteiger partial charge < -0.3 is 14.7 Å². The third kappa shape index (κ3) is 3.37. The lowest BCUT2D eigenvalue weighted by atomic mass is 10.0. The Labute approximate surface area is 162 Å². The Morgan fingerprint density at radius 3 is 2.25 bits per heavy atom. The predicted octanol–water partition coefficient (Wildman–Crippen LogP) is 3.72. The second kappa shape index (κ2) is 7.62. The minimum absolute atomic E-state index is 0.0311. The first-order valence-electron chi connectivity index (χ1n) is 9.06. The fourth-order valence-electron chi connectivity index (χ4n) is 3.13. The standard InChI is InChI=1S/C22H20N4O2/c1-15(14-27)26-13-12-25-22(26)19-8-4-17(5-9-19)16-2-6-18(7-3-16)20(28)21-23-10-11-24-21/h2-13,15,27H,14H2,1H3,(H,23,24). The number of nitrogens with zero attached hydrogens (tertiary/aromatic N) is 3. The van der Waals surface area contributed by atoms with Crippen LogP contribution in [-0.4, -0.2) is 37.0 Å². The molecular weight excluding hydrogens is 352 g/mol. The molecule has 2 aromatic heterocycles. The summed E-state index contributed by atoms with van der Waals surface area (Å²) in [5.74, 6) is 1.04. The van der Waals surface area contributed by atoms with Crippen LogP contribution in [0.3, 0.4) is 0 Å². The van der Waals surface area contributed by atoms with E-state index >= 15 is 0 Å². The van der Waals surface area contributed by atoms with Crippen LogP contribution in [0.2, 0.25) is 0 Å². The number of rotatable bonds is 6. The molecule has 1 unspecified atom stereocenters. The van der Waals surface area contributed by atoms with Gasteiger partial charge in [0.15, 0.2) is 5.82 Å². The van der Waals surface area contributed by atoms with Crippen LogP contribution in [0.1, 0.15) is 29.1 Å². The number of benzene rings is 2. The molecule has 28 heavy (non-hydrogen) atoms. The molecule has 0 bridgehead atoms. The average molecular weight is 372 g/mol. The van der Waals surface area contributed by atoms with E-state index in [1.165, 1.54) is 0 Å². The molecule has 140 valence electrons. The van der Waals surface area contributed by atoms with Gasteiger partial charge in [-0.25, -0.2) is 9.97 Å². The minimum atomic E-state index is -0.128. The molecule has 0 aliphatic rings. The van der Waals surface area contributed by atoms with E-state index in [2.05, 4.69) is 15.0 Å². The molecule has 0 saturated heterocycles. The normalized spacial score (nSPS) is 12.1. The topological polar surface area (TPSA) is 83.8 Å². The van der Waals surface area contributed by atoms with Gasteiger partial charge in [-0.1, -0.05) is 48.5 Å². The zero-order valence-corrected chi connectivity index (χ0v) is 15.4. The first kappa shape index (κ1) is 17.9. The van der Waals surface area contributed by atoms with Crippen molar-refractivity contribution < 1.29 is 9.90 Å². The number of aromatic amines is 1. The van der Waals surface area contributed by atoms with Crippen molar-refractivity contribution in [3.63, 3.8) is 0 Å². The van der Waals surface area contributed by atoms with Gasteiger partial charge in [-0.3, -0.25) is 4.79 Å². The summed E-state index contributed by atoms with van der Waals surface area (Å²) in [6.45, 7) is 2.01. The first-order chi connectivity index (χ1) is 13.7. The van der Waals surface area contributed by atoms with Gasteiger partial charge in [0.25, 0.3) is 0 Å². The number of aliphatic hydroxyl groups is 1. The zero-order valence-electron chi connectivity index (χ0n) is 15.4. The maximum atomic E-state index is 12.3.